The lowest BCUT2D eigenvalue weighted by Crippen LogP contribution is -2.36. The zero-order chi connectivity index (χ0) is 8.81. The van der Waals surface area contributed by atoms with Crippen molar-refractivity contribution in [2.75, 3.05) is 40.3 Å². The minimum absolute atomic E-state index is 0.457. The van der Waals surface area contributed by atoms with E-state index in [9.17, 15) is 0 Å². The van der Waals surface area contributed by atoms with Crippen molar-refractivity contribution in [3.8, 4) is 0 Å². The second kappa shape index (κ2) is 5.51. The highest BCUT2D eigenvalue weighted by Gasteiger charge is 2.12. The first-order chi connectivity index (χ1) is 5.79. The third-order valence-electron chi connectivity index (χ3n) is 2.14. The number of ether oxygens (including phenoxy) is 1. The molecule has 1 fully saturated rings. The standard InChI is InChI=1S/C9H20N2O/c1-11(2)6-7-12-9-4-3-5-10-8-9/h9-10H,3-8H2,1-2H3/t9-/m0/s1. The Morgan fingerprint density at radius 2 is 2.33 bits per heavy atom. The molecule has 0 radical (unpaired) electrons. The summed E-state index contributed by atoms with van der Waals surface area (Å²) < 4.78 is 5.69. The third-order valence-corrected chi connectivity index (χ3v) is 2.14. The maximum Gasteiger partial charge on any atom is 0.0700 e. The number of rotatable bonds is 4. The Morgan fingerprint density at radius 1 is 1.50 bits per heavy atom. The average molecular weight is 172 g/mol. The highest BCUT2D eigenvalue weighted by Crippen LogP contribution is 2.05. The zero-order valence-corrected chi connectivity index (χ0v) is 8.18. The summed E-state index contributed by atoms with van der Waals surface area (Å²) in [5, 5.41) is 3.33. The first kappa shape index (κ1) is 9.96. The van der Waals surface area contributed by atoms with Crippen LogP contribution < -0.4 is 5.32 Å². The van der Waals surface area contributed by atoms with E-state index in [1.54, 1.807) is 0 Å². The molecule has 0 aliphatic carbocycles. The van der Waals surface area contributed by atoms with Gasteiger partial charge in [-0.25, -0.2) is 0 Å². The first-order valence-corrected chi connectivity index (χ1v) is 4.76. The van der Waals surface area contributed by atoms with E-state index < -0.39 is 0 Å². The van der Waals surface area contributed by atoms with Gasteiger partial charge in [-0.05, 0) is 33.5 Å². The van der Waals surface area contributed by atoms with Gasteiger partial charge >= 0.3 is 0 Å². The molecular weight excluding hydrogens is 152 g/mol. The van der Waals surface area contributed by atoms with Crippen LogP contribution in [0.3, 0.4) is 0 Å². The van der Waals surface area contributed by atoms with E-state index in [4.69, 9.17) is 4.74 Å². The molecule has 0 bridgehead atoms. The van der Waals surface area contributed by atoms with Gasteiger partial charge in [0.2, 0.25) is 0 Å². The van der Waals surface area contributed by atoms with Crippen molar-refractivity contribution in [1.82, 2.24) is 10.2 Å². The van der Waals surface area contributed by atoms with E-state index >= 15 is 0 Å². The molecule has 0 spiro atoms. The number of piperidine rings is 1. The smallest absolute Gasteiger partial charge is 0.0700 e. The summed E-state index contributed by atoms with van der Waals surface area (Å²) in [6.45, 7) is 4.08. The monoisotopic (exact) mass is 172 g/mol. The van der Waals surface area contributed by atoms with E-state index in [1.165, 1.54) is 12.8 Å². The molecule has 1 saturated heterocycles. The van der Waals surface area contributed by atoms with Crippen LogP contribution in [0.25, 0.3) is 0 Å². The van der Waals surface area contributed by atoms with E-state index in [0.717, 1.165) is 26.2 Å². The fourth-order valence-corrected chi connectivity index (χ4v) is 1.36. The van der Waals surface area contributed by atoms with Crippen molar-refractivity contribution >= 4 is 0 Å². The molecule has 3 nitrogen and oxygen atoms in total. The molecule has 1 heterocycles. The van der Waals surface area contributed by atoms with Crippen LogP contribution in [-0.2, 0) is 4.74 Å². The minimum atomic E-state index is 0.457. The van der Waals surface area contributed by atoms with Crippen LogP contribution >= 0.6 is 0 Å². The molecule has 0 unspecified atom stereocenters. The predicted octanol–water partition coefficient (Wildman–Crippen LogP) is 0.317. The van der Waals surface area contributed by atoms with Gasteiger partial charge in [-0.15, -0.1) is 0 Å². The lowest BCUT2D eigenvalue weighted by Gasteiger charge is -2.23. The molecule has 1 N–H and O–H groups in total. The van der Waals surface area contributed by atoms with Gasteiger partial charge in [0, 0.05) is 13.1 Å². The molecule has 0 aromatic carbocycles. The topological polar surface area (TPSA) is 24.5 Å². The second-order valence-electron chi connectivity index (χ2n) is 3.64. The third kappa shape index (κ3) is 4.04. The van der Waals surface area contributed by atoms with Crippen LogP contribution in [0.1, 0.15) is 12.8 Å². The summed E-state index contributed by atoms with van der Waals surface area (Å²) in [6, 6.07) is 0. The summed E-state index contributed by atoms with van der Waals surface area (Å²) >= 11 is 0. The van der Waals surface area contributed by atoms with Crippen LogP contribution in [0.15, 0.2) is 0 Å². The van der Waals surface area contributed by atoms with Gasteiger partial charge in [0.1, 0.15) is 0 Å². The van der Waals surface area contributed by atoms with Crippen molar-refractivity contribution in [3.63, 3.8) is 0 Å². The van der Waals surface area contributed by atoms with Crippen LogP contribution in [0.4, 0.5) is 0 Å². The Labute approximate surface area is 75.1 Å². The lowest BCUT2D eigenvalue weighted by molar-refractivity contribution is 0.0295. The Morgan fingerprint density at radius 3 is 2.92 bits per heavy atom. The predicted molar refractivity (Wildman–Crippen MR) is 50.4 cm³/mol. The highest BCUT2D eigenvalue weighted by molar-refractivity contribution is 4.68. The van der Waals surface area contributed by atoms with Crippen molar-refractivity contribution in [2.45, 2.75) is 18.9 Å². The Hall–Kier alpha value is -0.120. The van der Waals surface area contributed by atoms with Gasteiger partial charge in [0.15, 0.2) is 0 Å². The van der Waals surface area contributed by atoms with Crippen molar-refractivity contribution in [1.29, 1.82) is 0 Å². The van der Waals surface area contributed by atoms with Gasteiger partial charge in [0.05, 0.1) is 12.7 Å². The van der Waals surface area contributed by atoms with Crippen molar-refractivity contribution in [2.24, 2.45) is 0 Å². The number of hydrogen-bond acceptors (Lipinski definition) is 3. The fraction of sp³-hybridized carbons (Fsp3) is 1.00. The van der Waals surface area contributed by atoms with Gasteiger partial charge < -0.3 is 15.0 Å². The van der Waals surface area contributed by atoms with Crippen LogP contribution in [0.2, 0.25) is 0 Å². The van der Waals surface area contributed by atoms with E-state index in [-0.39, 0.29) is 0 Å². The minimum Gasteiger partial charge on any atom is -0.376 e. The molecule has 0 aromatic rings. The SMILES string of the molecule is CN(C)CCO[C@H]1CCCNC1. The lowest BCUT2D eigenvalue weighted by atomic mass is 10.1. The molecule has 0 amide bonds. The maximum atomic E-state index is 5.69. The molecule has 1 rings (SSSR count). The van der Waals surface area contributed by atoms with E-state index in [0.29, 0.717) is 6.10 Å². The van der Waals surface area contributed by atoms with E-state index in [1.807, 2.05) is 0 Å². The highest BCUT2D eigenvalue weighted by atomic mass is 16.5. The Balaban J connectivity index is 1.98. The first-order valence-electron chi connectivity index (χ1n) is 4.76. The van der Waals surface area contributed by atoms with Gasteiger partial charge in [-0.3, -0.25) is 0 Å². The fourth-order valence-electron chi connectivity index (χ4n) is 1.36. The molecule has 0 saturated carbocycles. The molecule has 3 heteroatoms. The second-order valence-corrected chi connectivity index (χ2v) is 3.64. The van der Waals surface area contributed by atoms with Crippen molar-refractivity contribution in [3.05, 3.63) is 0 Å². The molecule has 1 atom stereocenters. The summed E-state index contributed by atoms with van der Waals surface area (Å²) in [5.74, 6) is 0. The average Bonchev–Trinajstić information content (AvgIpc) is 2.05. The number of nitrogens with one attached hydrogen (secondary N) is 1. The van der Waals surface area contributed by atoms with Crippen molar-refractivity contribution < 1.29 is 4.74 Å². The number of likely N-dealkylation sites (N-methyl/N-ethyl adjacent to an activating group) is 1. The summed E-state index contributed by atoms with van der Waals surface area (Å²) in [4.78, 5) is 2.15. The Bertz CT molecular complexity index is 111. The largest absolute Gasteiger partial charge is 0.376 e. The molecule has 0 aromatic heterocycles. The molecular formula is C9H20N2O. The van der Waals surface area contributed by atoms with Gasteiger partial charge in [-0.1, -0.05) is 0 Å². The zero-order valence-electron chi connectivity index (χ0n) is 8.18. The van der Waals surface area contributed by atoms with Crippen LogP contribution in [0.5, 0.6) is 0 Å². The molecule has 12 heavy (non-hydrogen) atoms. The van der Waals surface area contributed by atoms with Crippen LogP contribution in [-0.4, -0.2) is 51.3 Å². The summed E-state index contributed by atoms with van der Waals surface area (Å²) in [7, 11) is 4.14. The summed E-state index contributed by atoms with van der Waals surface area (Å²) in [5.41, 5.74) is 0. The number of nitrogens with zero attached hydrogens (tertiary/aromatic N) is 1. The van der Waals surface area contributed by atoms with Crippen LogP contribution in [0, 0.1) is 0 Å². The normalized spacial score (nSPS) is 24.8. The Kier molecular flexibility index (Phi) is 4.58. The maximum absolute atomic E-state index is 5.69. The van der Waals surface area contributed by atoms with E-state index in [2.05, 4.69) is 24.3 Å². The summed E-state index contributed by atoms with van der Waals surface area (Å²) in [6.07, 6.45) is 2.94. The molecule has 1 aliphatic heterocycles. The molecule has 1 aliphatic rings. The van der Waals surface area contributed by atoms with Gasteiger partial charge in [-0.2, -0.15) is 0 Å². The van der Waals surface area contributed by atoms with Gasteiger partial charge in [0.25, 0.3) is 0 Å². The quantitative estimate of drug-likeness (QED) is 0.661. The molecule has 72 valence electrons. The number of hydrogen-bond donors (Lipinski definition) is 1.